The Hall–Kier alpha value is -2.00. The Balaban J connectivity index is 0.000000180. The second kappa shape index (κ2) is 8.14. The van der Waals surface area contributed by atoms with E-state index < -0.39 is 0 Å². The van der Waals surface area contributed by atoms with Crippen molar-refractivity contribution in [1.82, 2.24) is 10.3 Å². The van der Waals surface area contributed by atoms with Gasteiger partial charge in [0.25, 0.3) is 0 Å². The number of rotatable bonds is 3. The van der Waals surface area contributed by atoms with Gasteiger partial charge in [0.05, 0.1) is 0 Å². The second-order valence-corrected chi connectivity index (χ2v) is 3.91. The van der Waals surface area contributed by atoms with E-state index in [0.29, 0.717) is 0 Å². The SMILES string of the molecule is CNCc1ccncc1.Cc1ccc(C=O)cc1. The van der Waals surface area contributed by atoms with Gasteiger partial charge in [-0.15, -0.1) is 0 Å². The van der Waals surface area contributed by atoms with Crippen molar-refractivity contribution in [3.63, 3.8) is 0 Å². The van der Waals surface area contributed by atoms with Crippen LogP contribution in [0.25, 0.3) is 0 Å². The molecule has 0 bridgehead atoms. The molecule has 0 radical (unpaired) electrons. The second-order valence-electron chi connectivity index (χ2n) is 3.91. The van der Waals surface area contributed by atoms with Gasteiger partial charge in [-0.3, -0.25) is 9.78 Å². The summed E-state index contributed by atoms with van der Waals surface area (Å²) in [7, 11) is 1.93. The molecular formula is C15H18N2O. The maximum atomic E-state index is 10.1. The molecule has 94 valence electrons. The Morgan fingerprint density at radius 3 is 2.22 bits per heavy atom. The van der Waals surface area contributed by atoms with Crippen LogP contribution in [-0.2, 0) is 6.54 Å². The molecule has 0 atom stereocenters. The maximum Gasteiger partial charge on any atom is 0.150 e. The minimum Gasteiger partial charge on any atom is -0.316 e. The van der Waals surface area contributed by atoms with E-state index in [1.54, 1.807) is 12.4 Å². The van der Waals surface area contributed by atoms with E-state index in [1.165, 1.54) is 11.1 Å². The minimum atomic E-state index is 0.737. The first-order chi connectivity index (χ1) is 8.76. The first-order valence-corrected chi connectivity index (χ1v) is 5.81. The molecule has 2 aromatic rings. The Morgan fingerprint density at radius 1 is 1.11 bits per heavy atom. The Labute approximate surface area is 108 Å². The summed E-state index contributed by atoms with van der Waals surface area (Å²) in [6, 6.07) is 11.4. The number of carbonyl (C=O) groups excluding carboxylic acids is 1. The minimum absolute atomic E-state index is 0.737. The fourth-order valence-electron chi connectivity index (χ4n) is 1.35. The van der Waals surface area contributed by atoms with E-state index in [2.05, 4.69) is 10.3 Å². The number of hydrogen-bond acceptors (Lipinski definition) is 3. The van der Waals surface area contributed by atoms with E-state index in [0.717, 1.165) is 18.4 Å². The number of aryl methyl sites for hydroxylation is 1. The smallest absolute Gasteiger partial charge is 0.150 e. The molecule has 0 aliphatic rings. The van der Waals surface area contributed by atoms with Crippen LogP contribution < -0.4 is 5.32 Å². The molecule has 0 unspecified atom stereocenters. The molecule has 2 rings (SSSR count). The van der Waals surface area contributed by atoms with Crippen molar-refractivity contribution in [3.05, 3.63) is 65.5 Å². The van der Waals surface area contributed by atoms with Crippen LogP contribution in [0.2, 0.25) is 0 Å². The lowest BCUT2D eigenvalue weighted by atomic mass is 10.2. The number of nitrogens with one attached hydrogen (secondary N) is 1. The van der Waals surface area contributed by atoms with Gasteiger partial charge in [-0.05, 0) is 31.7 Å². The fourth-order valence-corrected chi connectivity index (χ4v) is 1.35. The maximum absolute atomic E-state index is 10.1. The van der Waals surface area contributed by atoms with Gasteiger partial charge in [0.15, 0.2) is 0 Å². The molecule has 0 saturated carbocycles. The van der Waals surface area contributed by atoms with Gasteiger partial charge >= 0.3 is 0 Å². The normalized spacial score (nSPS) is 9.22. The Bertz CT molecular complexity index is 452. The van der Waals surface area contributed by atoms with E-state index in [9.17, 15) is 4.79 Å². The average molecular weight is 242 g/mol. The van der Waals surface area contributed by atoms with Gasteiger partial charge in [0.1, 0.15) is 6.29 Å². The van der Waals surface area contributed by atoms with Gasteiger partial charge in [-0.1, -0.05) is 29.8 Å². The molecule has 18 heavy (non-hydrogen) atoms. The summed E-state index contributed by atoms with van der Waals surface area (Å²) in [6.07, 6.45) is 4.44. The van der Waals surface area contributed by atoms with Crippen LogP contribution in [-0.4, -0.2) is 18.3 Å². The van der Waals surface area contributed by atoms with Gasteiger partial charge in [0.2, 0.25) is 0 Å². The highest BCUT2D eigenvalue weighted by Crippen LogP contribution is 1.98. The molecule has 0 aliphatic heterocycles. The topological polar surface area (TPSA) is 42.0 Å². The van der Waals surface area contributed by atoms with Crippen LogP contribution in [0.1, 0.15) is 21.5 Å². The van der Waals surface area contributed by atoms with Crippen molar-refractivity contribution in [3.8, 4) is 0 Å². The Kier molecular flexibility index (Phi) is 6.36. The third-order valence-electron chi connectivity index (χ3n) is 2.34. The first kappa shape index (κ1) is 14.1. The highest BCUT2D eigenvalue weighted by molar-refractivity contribution is 5.74. The zero-order chi connectivity index (χ0) is 13.2. The third kappa shape index (κ3) is 5.37. The number of carbonyl (C=O) groups is 1. The molecular weight excluding hydrogens is 224 g/mol. The van der Waals surface area contributed by atoms with E-state index in [-0.39, 0.29) is 0 Å². The highest BCUT2D eigenvalue weighted by atomic mass is 16.1. The van der Waals surface area contributed by atoms with Gasteiger partial charge < -0.3 is 5.32 Å². The quantitative estimate of drug-likeness (QED) is 0.841. The standard InChI is InChI=1S/C8H8O.C7H10N2/c1-7-2-4-8(6-9)5-3-7;1-8-6-7-2-4-9-5-3-7/h2-6H,1H3;2-5,8H,6H2,1H3. The highest BCUT2D eigenvalue weighted by Gasteiger charge is 1.85. The zero-order valence-corrected chi connectivity index (χ0v) is 10.8. The zero-order valence-electron chi connectivity index (χ0n) is 10.8. The molecule has 0 saturated heterocycles. The van der Waals surface area contributed by atoms with Crippen molar-refractivity contribution < 1.29 is 4.79 Å². The molecule has 1 aromatic heterocycles. The lowest BCUT2D eigenvalue weighted by Crippen LogP contribution is -2.04. The third-order valence-corrected chi connectivity index (χ3v) is 2.34. The number of hydrogen-bond donors (Lipinski definition) is 1. The predicted octanol–water partition coefficient (Wildman–Crippen LogP) is 2.61. The summed E-state index contributed by atoms with van der Waals surface area (Å²) in [5, 5.41) is 3.06. The average Bonchev–Trinajstić information content (AvgIpc) is 2.42. The van der Waals surface area contributed by atoms with Crippen molar-refractivity contribution in [2.75, 3.05) is 7.05 Å². The molecule has 0 amide bonds. The number of aromatic nitrogens is 1. The summed E-state index contributed by atoms with van der Waals surface area (Å²) >= 11 is 0. The summed E-state index contributed by atoms with van der Waals surface area (Å²) in [6.45, 7) is 2.91. The van der Waals surface area contributed by atoms with Crippen LogP contribution in [0.4, 0.5) is 0 Å². The molecule has 3 nitrogen and oxygen atoms in total. The van der Waals surface area contributed by atoms with Crippen LogP contribution in [0.5, 0.6) is 0 Å². The summed E-state index contributed by atoms with van der Waals surface area (Å²) < 4.78 is 0. The molecule has 0 spiro atoms. The van der Waals surface area contributed by atoms with Gasteiger partial charge in [0, 0.05) is 24.5 Å². The van der Waals surface area contributed by atoms with Crippen LogP contribution in [0.3, 0.4) is 0 Å². The molecule has 1 heterocycles. The lowest BCUT2D eigenvalue weighted by molar-refractivity contribution is 0.112. The number of aldehydes is 1. The van der Waals surface area contributed by atoms with Crippen molar-refractivity contribution in [1.29, 1.82) is 0 Å². The number of nitrogens with zero attached hydrogens (tertiary/aromatic N) is 1. The first-order valence-electron chi connectivity index (χ1n) is 5.81. The van der Waals surface area contributed by atoms with Crippen LogP contribution in [0, 0.1) is 6.92 Å². The summed E-state index contributed by atoms with van der Waals surface area (Å²) in [4.78, 5) is 14.0. The predicted molar refractivity (Wildman–Crippen MR) is 73.6 cm³/mol. The lowest BCUT2D eigenvalue weighted by Gasteiger charge is -1.95. The van der Waals surface area contributed by atoms with Crippen molar-refractivity contribution in [2.24, 2.45) is 0 Å². The molecule has 0 fully saturated rings. The Morgan fingerprint density at radius 2 is 1.72 bits per heavy atom. The van der Waals surface area contributed by atoms with E-state index >= 15 is 0 Å². The van der Waals surface area contributed by atoms with Crippen molar-refractivity contribution in [2.45, 2.75) is 13.5 Å². The van der Waals surface area contributed by atoms with Crippen LogP contribution >= 0.6 is 0 Å². The molecule has 0 aliphatic carbocycles. The van der Waals surface area contributed by atoms with E-state index in [1.807, 2.05) is 50.4 Å². The summed E-state index contributed by atoms with van der Waals surface area (Å²) in [5.74, 6) is 0. The van der Waals surface area contributed by atoms with Gasteiger partial charge in [-0.2, -0.15) is 0 Å². The van der Waals surface area contributed by atoms with Crippen molar-refractivity contribution >= 4 is 6.29 Å². The molecule has 3 heteroatoms. The molecule has 1 N–H and O–H groups in total. The fraction of sp³-hybridized carbons (Fsp3) is 0.200. The van der Waals surface area contributed by atoms with Gasteiger partial charge in [-0.25, -0.2) is 0 Å². The molecule has 1 aromatic carbocycles. The number of pyridine rings is 1. The monoisotopic (exact) mass is 242 g/mol. The number of benzene rings is 1. The largest absolute Gasteiger partial charge is 0.316 e. The summed E-state index contributed by atoms with van der Waals surface area (Å²) in [5.41, 5.74) is 3.19. The van der Waals surface area contributed by atoms with Crippen LogP contribution in [0.15, 0.2) is 48.8 Å². The van der Waals surface area contributed by atoms with E-state index in [4.69, 9.17) is 0 Å².